The molecule has 0 atom stereocenters. The van der Waals surface area contributed by atoms with Crippen LogP contribution in [0, 0.1) is 0 Å². The lowest BCUT2D eigenvalue weighted by molar-refractivity contribution is 0.368. The normalized spacial score (nSPS) is 12.0. The number of nitrogens with one attached hydrogen (secondary N) is 1. The number of halogens is 2. The molecule has 0 saturated carbocycles. The predicted molar refractivity (Wildman–Crippen MR) is 93.7 cm³/mol. The van der Waals surface area contributed by atoms with Crippen LogP contribution in [0.3, 0.4) is 0 Å². The Morgan fingerprint density at radius 2 is 2.04 bits per heavy atom. The fraction of sp³-hybridized carbons (Fsp3) is 0.429. The van der Waals surface area contributed by atoms with Crippen LogP contribution in [0.4, 0.5) is 0 Å². The van der Waals surface area contributed by atoms with E-state index in [0.717, 1.165) is 4.47 Å². The monoisotopic (exact) mass is 465 g/mol. The predicted octanol–water partition coefficient (Wildman–Crippen LogP) is 3.63. The first-order valence-electron chi connectivity index (χ1n) is 7.07. The van der Waals surface area contributed by atoms with Gasteiger partial charge in [-0.1, -0.05) is 34.9 Å². The van der Waals surface area contributed by atoms with Crippen LogP contribution in [0.2, 0.25) is 0 Å². The van der Waals surface area contributed by atoms with Crippen molar-refractivity contribution in [1.82, 2.24) is 14.9 Å². The van der Waals surface area contributed by atoms with Gasteiger partial charge >= 0.3 is 0 Å². The maximum atomic E-state index is 12.3. The maximum absolute atomic E-state index is 12.3. The number of aromatic nitrogens is 2. The van der Waals surface area contributed by atoms with Gasteiger partial charge in [-0.05, 0) is 40.5 Å². The topological polar surface area (TPSA) is 85.1 Å². The van der Waals surface area contributed by atoms with E-state index in [1.165, 1.54) is 0 Å². The first-order valence-corrected chi connectivity index (χ1v) is 10.1. The van der Waals surface area contributed by atoms with Gasteiger partial charge in [0.05, 0.1) is 4.90 Å². The highest BCUT2D eigenvalue weighted by Gasteiger charge is 2.17. The molecule has 0 aliphatic heterocycles. The third-order valence-corrected chi connectivity index (χ3v) is 5.97. The largest absolute Gasteiger partial charge is 0.339 e. The lowest BCUT2D eigenvalue weighted by atomic mass is 10.2. The lowest BCUT2D eigenvalue weighted by Gasteiger charge is -2.08. The fourth-order valence-corrected chi connectivity index (χ4v) is 4.64. The maximum Gasteiger partial charge on any atom is 0.241 e. The zero-order valence-electron chi connectivity index (χ0n) is 12.7. The van der Waals surface area contributed by atoms with E-state index in [1.54, 1.807) is 18.2 Å². The van der Waals surface area contributed by atoms with Gasteiger partial charge < -0.3 is 4.52 Å². The highest BCUT2D eigenvalue weighted by atomic mass is 79.9. The van der Waals surface area contributed by atoms with Gasteiger partial charge in [-0.15, -0.1) is 0 Å². The average molecular weight is 467 g/mol. The van der Waals surface area contributed by atoms with Crippen molar-refractivity contribution in [3.8, 4) is 0 Å². The third kappa shape index (κ3) is 5.10. The van der Waals surface area contributed by atoms with Crippen molar-refractivity contribution < 1.29 is 12.9 Å². The Balaban J connectivity index is 1.89. The van der Waals surface area contributed by atoms with E-state index >= 15 is 0 Å². The summed E-state index contributed by atoms with van der Waals surface area (Å²) in [6.45, 7) is 4.27. The second-order valence-corrected chi connectivity index (χ2v) is 8.78. The number of hydrogen-bond donors (Lipinski definition) is 1. The Morgan fingerprint density at radius 1 is 1.30 bits per heavy atom. The molecule has 0 aliphatic rings. The summed E-state index contributed by atoms with van der Waals surface area (Å²) >= 11 is 6.56. The molecule has 126 valence electrons. The number of hydrogen-bond acceptors (Lipinski definition) is 5. The summed E-state index contributed by atoms with van der Waals surface area (Å²) in [5, 5.41) is 3.88. The van der Waals surface area contributed by atoms with Crippen molar-refractivity contribution in [2.75, 3.05) is 6.54 Å². The highest BCUT2D eigenvalue weighted by Crippen LogP contribution is 2.25. The molecule has 1 heterocycles. The molecule has 1 aromatic carbocycles. The number of rotatable bonds is 7. The molecule has 0 aliphatic carbocycles. The molecule has 0 spiro atoms. The van der Waals surface area contributed by atoms with E-state index in [4.69, 9.17) is 4.52 Å². The minimum Gasteiger partial charge on any atom is -0.339 e. The minimum absolute atomic E-state index is 0.209. The molecule has 0 bridgehead atoms. The van der Waals surface area contributed by atoms with Crippen molar-refractivity contribution in [2.24, 2.45) is 0 Å². The molecule has 0 radical (unpaired) electrons. The van der Waals surface area contributed by atoms with E-state index in [-0.39, 0.29) is 10.8 Å². The first-order chi connectivity index (χ1) is 10.8. The van der Waals surface area contributed by atoms with Crippen molar-refractivity contribution in [2.45, 2.75) is 37.5 Å². The number of aryl methyl sites for hydroxylation is 1. The second-order valence-electron chi connectivity index (χ2n) is 5.28. The van der Waals surface area contributed by atoms with Crippen LogP contribution < -0.4 is 4.72 Å². The summed E-state index contributed by atoms with van der Waals surface area (Å²) in [4.78, 5) is 4.47. The van der Waals surface area contributed by atoms with Crippen LogP contribution >= 0.6 is 31.9 Å². The molecule has 9 heteroatoms. The standard InChI is InChI=1S/C14H17Br2N3O3S/c1-9(2)14-18-13(22-19-14)4-3-7-17-23(20,21)12-6-5-10(15)8-11(12)16/h5-6,8-9,17H,3-4,7H2,1-2H3. The van der Waals surface area contributed by atoms with Crippen LogP contribution in [0.25, 0.3) is 0 Å². The zero-order chi connectivity index (χ0) is 17.0. The second kappa shape index (κ2) is 7.87. The summed E-state index contributed by atoms with van der Waals surface area (Å²) in [5.74, 6) is 1.40. The molecule has 2 rings (SSSR count). The Kier molecular flexibility index (Phi) is 6.35. The van der Waals surface area contributed by atoms with Crippen molar-refractivity contribution >= 4 is 41.9 Å². The summed E-state index contributed by atoms with van der Waals surface area (Å²) in [6.07, 6.45) is 1.11. The van der Waals surface area contributed by atoms with Crippen LogP contribution in [0.15, 0.2) is 36.6 Å². The fourth-order valence-electron chi connectivity index (χ4n) is 1.82. The Labute approximate surface area is 152 Å². The molecule has 0 saturated heterocycles. The summed E-state index contributed by atoms with van der Waals surface area (Å²) in [5.41, 5.74) is 0. The lowest BCUT2D eigenvalue weighted by Crippen LogP contribution is -2.25. The smallest absolute Gasteiger partial charge is 0.241 e. The van der Waals surface area contributed by atoms with Gasteiger partial charge in [0.2, 0.25) is 15.9 Å². The number of sulfonamides is 1. The average Bonchev–Trinajstić information content (AvgIpc) is 2.92. The van der Waals surface area contributed by atoms with Gasteiger partial charge in [-0.3, -0.25) is 0 Å². The molecule has 0 unspecified atom stereocenters. The zero-order valence-corrected chi connectivity index (χ0v) is 16.7. The quantitative estimate of drug-likeness (QED) is 0.629. The van der Waals surface area contributed by atoms with E-state index in [0.29, 0.717) is 35.6 Å². The van der Waals surface area contributed by atoms with Crippen molar-refractivity contribution in [3.05, 3.63) is 38.9 Å². The van der Waals surface area contributed by atoms with E-state index in [9.17, 15) is 8.42 Å². The molecular formula is C14H17Br2N3O3S. The number of benzene rings is 1. The van der Waals surface area contributed by atoms with Crippen molar-refractivity contribution in [3.63, 3.8) is 0 Å². The van der Waals surface area contributed by atoms with Gasteiger partial charge in [0.25, 0.3) is 0 Å². The molecule has 23 heavy (non-hydrogen) atoms. The van der Waals surface area contributed by atoms with Crippen LogP contribution in [-0.4, -0.2) is 25.1 Å². The van der Waals surface area contributed by atoms with Crippen LogP contribution in [0.1, 0.15) is 37.9 Å². The molecular weight excluding hydrogens is 450 g/mol. The van der Waals surface area contributed by atoms with Gasteiger partial charge in [-0.25, -0.2) is 13.1 Å². The van der Waals surface area contributed by atoms with E-state index < -0.39 is 10.0 Å². The van der Waals surface area contributed by atoms with Gasteiger partial charge in [-0.2, -0.15) is 4.98 Å². The first kappa shape index (κ1) is 18.6. The Hall–Kier alpha value is -0.770. The van der Waals surface area contributed by atoms with Gasteiger partial charge in [0.15, 0.2) is 5.82 Å². The SMILES string of the molecule is CC(C)c1noc(CCCNS(=O)(=O)c2ccc(Br)cc2Br)n1. The summed E-state index contributed by atoms with van der Waals surface area (Å²) in [7, 11) is -3.55. The minimum atomic E-state index is -3.55. The van der Waals surface area contributed by atoms with Gasteiger partial charge in [0.1, 0.15) is 0 Å². The molecule has 2 aromatic rings. The van der Waals surface area contributed by atoms with Crippen LogP contribution in [-0.2, 0) is 16.4 Å². The highest BCUT2D eigenvalue weighted by molar-refractivity contribution is 9.11. The molecule has 0 amide bonds. The van der Waals surface area contributed by atoms with Crippen molar-refractivity contribution in [1.29, 1.82) is 0 Å². The Morgan fingerprint density at radius 3 is 2.65 bits per heavy atom. The van der Waals surface area contributed by atoms with Crippen LogP contribution in [0.5, 0.6) is 0 Å². The third-order valence-electron chi connectivity index (χ3n) is 3.04. The summed E-state index contributed by atoms with van der Waals surface area (Å²) in [6, 6.07) is 4.93. The molecule has 0 fully saturated rings. The van der Waals surface area contributed by atoms with E-state index in [2.05, 4.69) is 46.7 Å². The number of nitrogens with zero attached hydrogens (tertiary/aromatic N) is 2. The molecule has 1 aromatic heterocycles. The molecule has 1 N–H and O–H groups in total. The Bertz CT molecular complexity index is 775. The van der Waals surface area contributed by atoms with E-state index in [1.807, 2.05) is 13.8 Å². The summed E-state index contributed by atoms with van der Waals surface area (Å²) < 4.78 is 33.5. The van der Waals surface area contributed by atoms with Gasteiger partial charge in [0, 0.05) is 27.8 Å². The molecule has 6 nitrogen and oxygen atoms in total.